The summed E-state index contributed by atoms with van der Waals surface area (Å²) in [5, 5.41) is 8.03. The molecule has 0 unspecified atom stereocenters. The van der Waals surface area contributed by atoms with Gasteiger partial charge in [-0.05, 0) is 23.8 Å². The van der Waals surface area contributed by atoms with E-state index >= 15 is 4.39 Å². The van der Waals surface area contributed by atoms with Crippen LogP contribution in [-0.2, 0) is 13.1 Å². The maximum Gasteiger partial charge on any atom is 0.225 e. The monoisotopic (exact) mass is 472 g/mol. The van der Waals surface area contributed by atoms with E-state index < -0.39 is 5.82 Å². The number of nitrogens with two attached hydrogens (primary N) is 1. The van der Waals surface area contributed by atoms with Crippen LogP contribution in [0.15, 0.2) is 72.8 Å². The normalized spacial score (nSPS) is 11.1. The molecule has 3 aromatic carbocycles. The number of halogens is 2. The van der Waals surface area contributed by atoms with E-state index in [0.29, 0.717) is 34.7 Å². The molecule has 9 heteroatoms. The second kappa shape index (κ2) is 9.38. The fourth-order valence-electron chi connectivity index (χ4n) is 3.84. The second-order valence-corrected chi connectivity index (χ2v) is 7.91. The molecule has 0 amide bonds. The first-order valence-electron chi connectivity index (χ1n) is 10.9. The molecule has 176 valence electrons. The van der Waals surface area contributed by atoms with Crippen molar-refractivity contribution in [2.45, 2.75) is 13.1 Å². The molecule has 0 atom stereocenters. The predicted octanol–water partition coefficient (Wildman–Crippen LogP) is 5.02. The van der Waals surface area contributed by atoms with Crippen LogP contribution in [-0.4, -0.2) is 26.9 Å². The zero-order valence-corrected chi connectivity index (χ0v) is 18.9. The van der Waals surface area contributed by atoms with E-state index in [1.54, 1.807) is 35.0 Å². The summed E-state index contributed by atoms with van der Waals surface area (Å²) in [5.74, 6) is -0.00856. The number of hydrogen-bond acceptors (Lipinski definition) is 6. The maximum absolute atomic E-state index is 15.1. The van der Waals surface area contributed by atoms with E-state index in [0.717, 1.165) is 5.56 Å². The molecule has 0 aliphatic carbocycles. The van der Waals surface area contributed by atoms with Crippen molar-refractivity contribution in [3.05, 3.63) is 95.6 Å². The van der Waals surface area contributed by atoms with E-state index in [2.05, 4.69) is 20.4 Å². The molecular formula is C26H22F2N6O. The van der Waals surface area contributed by atoms with E-state index in [1.807, 2.05) is 30.3 Å². The minimum atomic E-state index is -0.528. The number of benzene rings is 3. The van der Waals surface area contributed by atoms with Gasteiger partial charge in [0.15, 0.2) is 5.65 Å². The summed E-state index contributed by atoms with van der Waals surface area (Å²) in [7, 11) is 1.47. The highest BCUT2D eigenvalue weighted by atomic mass is 19.1. The van der Waals surface area contributed by atoms with Crippen molar-refractivity contribution >= 4 is 22.8 Å². The van der Waals surface area contributed by atoms with Crippen LogP contribution in [0.25, 0.3) is 22.3 Å². The zero-order valence-electron chi connectivity index (χ0n) is 18.9. The van der Waals surface area contributed by atoms with E-state index in [4.69, 9.17) is 10.5 Å². The van der Waals surface area contributed by atoms with Gasteiger partial charge in [-0.15, -0.1) is 5.10 Å². The Kier molecular flexibility index (Phi) is 5.97. The molecule has 35 heavy (non-hydrogen) atoms. The second-order valence-electron chi connectivity index (χ2n) is 7.91. The van der Waals surface area contributed by atoms with E-state index in [1.165, 1.54) is 19.2 Å². The van der Waals surface area contributed by atoms with Crippen LogP contribution < -0.4 is 15.8 Å². The first kappa shape index (κ1) is 22.3. The van der Waals surface area contributed by atoms with Crippen LogP contribution in [0.1, 0.15) is 11.1 Å². The van der Waals surface area contributed by atoms with Crippen molar-refractivity contribution in [2.24, 2.45) is 0 Å². The molecule has 0 aliphatic rings. The lowest BCUT2D eigenvalue weighted by molar-refractivity contribution is 0.411. The molecule has 5 rings (SSSR count). The average Bonchev–Trinajstić information content (AvgIpc) is 3.18. The lowest BCUT2D eigenvalue weighted by atomic mass is 10.1. The third kappa shape index (κ3) is 4.48. The van der Waals surface area contributed by atoms with Crippen LogP contribution in [0.3, 0.4) is 0 Å². The van der Waals surface area contributed by atoms with Gasteiger partial charge in [-0.1, -0.05) is 48.5 Å². The van der Waals surface area contributed by atoms with Crippen LogP contribution in [0.4, 0.5) is 20.5 Å². The first-order chi connectivity index (χ1) is 17.0. The Morgan fingerprint density at radius 2 is 1.71 bits per heavy atom. The fourth-order valence-corrected chi connectivity index (χ4v) is 3.84. The third-order valence-corrected chi connectivity index (χ3v) is 5.64. The average molecular weight is 472 g/mol. The Morgan fingerprint density at radius 3 is 2.46 bits per heavy atom. The molecule has 2 heterocycles. The van der Waals surface area contributed by atoms with Crippen LogP contribution >= 0.6 is 0 Å². The number of anilines is 2. The summed E-state index contributed by atoms with van der Waals surface area (Å²) in [6, 6.07) is 20.6. The molecule has 0 saturated heterocycles. The van der Waals surface area contributed by atoms with Crippen LogP contribution in [0, 0.1) is 11.6 Å². The van der Waals surface area contributed by atoms with Gasteiger partial charge in [-0.3, -0.25) is 0 Å². The van der Waals surface area contributed by atoms with Crippen LogP contribution in [0.2, 0.25) is 0 Å². The van der Waals surface area contributed by atoms with Gasteiger partial charge in [-0.2, -0.15) is 4.98 Å². The maximum atomic E-state index is 15.1. The Bertz CT molecular complexity index is 1500. The molecule has 0 bridgehead atoms. The van der Waals surface area contributed by atoms with Gasteiger partial charge in [-0.25, -0.2) is 18.4 Å². The summed E-state index contributed by atoms with van der Waals surface area (Å²) < 4.78 is 35.9. The largest absolute Gasteiger partial charge is 0.497 e. The lowest BCUT2D eigenvalue weighted by Crippen LogP contribution is -2.06. The summed E-state index contributed by atoms with van der Waals surface area (Å²) in [6.45, 7) is 0.550. The molecule has 5 aromatic rings. The number of nitrogens with one attached hydrogen (secondary N) is 1. The number of rotatable bonds is 7. The van der Waals surface area contributed by atoms with Crippen molar-refractivity contribution in [1.82, 2.24) is 19.7 Å². The molecule has 7 nitrogen and oxygen atoms in total. The molecule has 0 radical (unpaired) electrons. The Labute approximate surface area is 200 Å². The van der Waals surface area contributed by atoms with Crippen LogP contribution in [0.5, 0.6) is 5.75 Å². The highest BCUT2D eigenvalue weighted by Crippen LogP contribution is 2.34. The zero-order chi connectivity index (χ0) is 24.4. The van der Waals surface area contributed by atoms with Crippen molar-refractivity contribution < 1.29 is 13.5 Å². The fraction of sp³-hybridized carbons (Fsp3) is 0.115. The van der Waals surface area contributed by atoms with Gasteiger partial charge in [0.2, 0.25) is 5.95 Å². The number of ether oxygens (including phenoxy) is 1. The van der Waals surface area contributed by atoms with Crippen molar-refractivity contribution in [3.63, 3.8) is 0 Å². The minimum absolute atomic E-state index is 0.142. The summed E-state index contributed by atoms with van der Waals surface area (Å²) in [6.07, 6.45) is 0. The summed E-state index contributed by atoms with van der Waals surface area (Å²) >= 11 is 0. The van der Waals surface area contributed by atoms with Crippen molar-refractivity contribution in [2.75, 3.05) is 18.2 Å². The smallest absolute Gasteiger partial charge is 0.225 e. The SMILES string of the molecule is COc1ccc(-c2nc(NCc3ccccc3F)nc3nn(Cc4ccccc4)c(N)c23)c(F)c1. The van der Waals surface area contributed by atoms with Gasteiger partial charge in [0.25, 0.3) is 0 Å². The quantitative estimate of drug-likeness (QED) is 0.346. The molecular weight excluding hydrogens is 450 g/mol. The predicted molar refractivity (Wildman–Crippen MR) is 131 cm³/mol. The lowest BCUT2D eigenvalue weighted by Gasteiger charge is -2.10. The standard InChI is InChI=1S/C26H22F2N6O/c1-35-18-11-12-19(21(28)13-18)23-22-24(29)34(15-16-7-3-2-4-8-16)33-25(22)32-26(31-23)30-14-17-9-5-6-10-20(17)27/h2-13H,14-15,29H2,1H3,(H,30,32,33). The highest BCUT2D eigenvalue weighted by molar-refractivity contribution is 5.99. The highest BCUT2D eigenvalue weighted by Gasteiger charge is 2.21. The van der Waals surface area contributed by atoms with E-state index in [-0.39, 0.29) is 29.6 Å². The number of nitrogen functional groups attached to an aromatic ring is 1. The molecule has 0 saturated carbocycles. The number of nitrogens with zero attached hydrogens (tertiary/aromatic N) is 4. The van der Waals surface area contributed by atoms with Gasteiger partial charge < -0.3 is 15.8 Å². The molecule has 0 aliphatic heterocycles. The molecule has 2 aromatic heterocycles. The number of hydrogen-bond donors (Lipinski definition) is 2. The number of methoxy groups -OCH3 is 1. The Hall–Kier alpha value is -4.53. The van der Waals surface area contributed by atoms with Gasteiger partial charge in [0.05, 0.1) is 24.7 Å². The molecule has 0 fully saturated rings. The topological polar surface area (TPSA) is 90.9 Å². The third-order valence-electron chi connectivity index (χ3n) is 5.64. The summed E-state index contributed by atoms with van der Waals surface area (Å²) in [5.41, 5.74) is 8.71. The number of fused-ring (bicyclic) bond motifs is 1. The Balaban J connectivity index is 1.61. The van der Waals surface area contributed by atoms with Gasteiger partial charge in [0, 0.05) is 23.7 Å². The first-order valence-corrected chi connectivity index (χ1v) is 10.9. The van der Waals surface area contributed by atoms with E-state index in [9.17, 15) is 4.39 Å². The van der Waals surface area contributed by atoms with Crippen molar-refractivity contribution in [1.29, 1.82) is 0 Å². The Morgan fingerprint density at radius 1 is 0.943 bits per heavy atom. The van der Waals surface area contributed by atoms with Gasteiger partial charge >= 0.3 is 0 Å². The summed E-state index contributed by atoms with van der Waals surface area (Å²) in [4.78, 5) is 9.04. The molecule has 3 N–H and O–H groups in total. The molecule has 0 spiro atoms. The minimum Gasteiger partial charge on any atom is -0.497 e. The van der Waals surface area contributed by atoms with Crippen molar-refractivity contribution in [3.8, 4) is 17.0 Å². The van der Waals surface area contributed by atoms with Gasteiger partial charge in [0.1, 0.15) is 23.2 Å². The number of aromatic nitrogens is 4.